The highest BCUT2D eigenvalue weighted by Gasteiger charge is 2.04. The Morgan fingerprint density at radius 1 is 1.05 bits per heavy atom. The van der Waals surface area contributed by atoms with Crippen LogP contribution in [0.2, 0.25) is 10.0 Å². The first-order valence-corrected chi connectivity index (χ1v) is 7.81. The molecule has 2 aromatic carbocycles. The lowest BCUT2D eigenvalue weighted by Crippen LogP contribution is -2.21. The molecule has 2 aromatic rings. The lowest BCUT2D eigenvalue weighted by Gasteiger charge is -2.08. The van der Waals surface area contributed by atoms with E-state index in [-0.39, 0.29) is 5.91 Å². The van der Waals surface area contributed by atoms with Crippen LogP contribution in [-0.4, -0.2) is 12.5 Å². The second kappa shape index (κ2) is 8.18. The first-order chi connectivity index (χ1) is 10.5. The molecule has 0 fully saturated rings. The van der Waals surface area contributed by atoms with Gasteiger partial charge in [0.15, 0.2) is 0 Å². The van der Waals surface area contributed by atoms with E-state index in [0.717, 1.165) is 6.54 Å². The molecule has 22 heavy (non-hydrogen) atoms. The van der Waals surface area contributed by atoms with E-state index >= 15 is 0 Å². The molecule has 0 aliphatic rings. The fraction of sp³-hybridized carbons (Fsp3) is 0.235. The summed E-state index contributed by atoms with van der Waals surface area (Å²) in [5.74, 6) is -0.0604. The molecule has 116 valence electrons. The summed E-state index contributed by atoms with van der Waals surface area (Å²) in [6, 6.07) is 13.3. The molecule has 0 radical (unpaired) electrons. The Hall–Kier alpha value is -1.55. The number of aryl methyl sites for hydroxylation is 1. The molecule has 0 heterocycles. The number of carbonyl (C=O) groups excluding carboxylic acids is 1. The summed E-state index contributed by atoms with van der Waals surface area (Å²) in [5, 5.41) is 6.94. The molecule has 1 amide bonds. The van der Waals surface area contributed by atoms with Crippen LogP contribution in [0.5, 0.6) is 0 Å². The molecule has 0 aliphatic carbocycles. The topological polar surface area (TPSA) is 41.1 Å². The maximum absolute atomic E-state index is 11.8. The molecule has 2 rings (SSSR count). The second-order valence-electron chi connectivity index (χ2n) is 5.09. The van der Waals surface area contributed by atoms with Crippen LogP contribution in [0.3, 0.4) is 0 Å². The molecule has 3 nitrogen and oxygen atoms in total. The zero-order chi connectivity index (χ0) is 15.9. The van der Waals surface area contributed by atoms with Gasteiger partial charge in [0.05, 0.1) is 10.0 Å². The number of benzene rings is 2. The van der Waals surface area contributed by atoms with Crippen molar-refractivity contribution in [1.29, 1.82) is 0 Å². The van der Waals surface area contributed by atoms with E-state index in [4.69, 9.17) is 23.2 Å². The highest BCUT2D eigenvalue weighted by atomic mass is 35.5. The van der Waals surface area contributed by atoms with Crippen molar-refractivity contribution in [2.45, 2.75) is 19.9 Å². The van der Waals surface area contributed by atoms with Crippen LogP contribution in [-0.2, 0) is 11.3 Å². The smallest absolute Gasteiger partial charge is 0.225 e. The van der Waals surface area contributed by atoms with Gasteiger partial charge in [-0.15, -0.1) is 0 Å². The summed E-state index contributed by atoms with van der Waals surface area (Å²) in [4.78, 5) is 11.8. The van der Waals surface area contributed by atoms with Crippen LogP contribution in [0, 0.1) is 6.92 Å². The Balaban J connectivity index is 1.71. The molecule has 0 aliphatic heterocycles. The third-order valence-electron chi connectivity index (χ3n) is 3.18. The molecule has 0 atom stereocenters. The van der Waals surface area contributed by atoms with Crippen LogP contribution < -0.4 is 10.6 Å². The van der Waals surface area contributed by atoms with Gasteiger partial charge in [-0.3, -0.25) is 4.79 Å². The Morgan fingerprint density at radius 3 is 2.45 bits per heavy atom. The Morgan fingerprint density at radius 2 is 1.77 bits per heavy atom. The third-order valence-corrected chi connectivity index (χ3v) is 3.92. The number of anilines is 1. The van der Waals surface area contributed by atoms with Crippen molar-refractivity contribution >= 4 is 34.8 Å². The van der Waals surface area contributed by atoms with Crippen LogP contribution in [0.1, 0.15) is 17.5 Å². The summed E-state index contributed by atoms with van der Waals surface area (Å²) < 4.78 is 0. The lowest BCUT2D eigenvalue weighted by molar-refractivity contribution is -0.116. The van der Waals surface area contributed by atoms with E-state index in [0.29, 0.717) is 28.7 Å². The molecule has 0 bridgehead atoms. The van der Waals surface area contributed by atoms with Gasteiger partial charge in [-0.05, 0) is 30.7 Å². The average molecular weight is 337 g/mol. The van der Waals surface area contributed by atoms with E-state index in [1.807, 2.05) is 0 Å². The van der Waals surface area contributed by atoms with Crippen molar-refractivity contribution in [3.05, 3.63) is 63.6 Å². The first-order valence-electron chi connectivity index (χ1n) is 7.06. The minimum atomic E-state index is -0.0604. The summed E-state index contributed by atoms with van der Waals surface area (Å²) in [6.45, 7) is 3.42. The highest BCUT2D eigenvalue weighted by Crippen LogP contribution is 2.24. The average Bonchev–Trinajstić information content (AvgIpc) is 2.49. The SMILES string of the molecule is Cc1ccc(CNCCC(=O)Nc2ccc(Cl)c(Cl)c2)cc1. The number of nitrogens with one attached hydrogen (secondary N) is 2. The number of amides is 1. The number of halogens is 2. The van der Waals surface area contributed by atoms with Crippen LogP contribution in [0.15, 0.2) is 42.5 Å². The van der Waals surface area contributed by atoms with Gasteiger partial charge in [-0.1, -0.05) is 53.0 Å². The fourth-order valence-electron chi connectivity index (χ4n) is 1.94. The summed E-state index contributed by atoms with van der Waals surface area (Å²) in [7, 11) is 0. The summed E-state index contributed by atoms with van der Waals surface area (Å²) in [6.07, 6.45) is 0.395. The van der Waals surface area contributed by atoms with Gasteiger partial charge in [0.2, 0.25) is 5.91 Å². The summed E-state index contributed by atoms with van der Waals surface area (Å²) in [5.41, 5.74) is 3.10. The van der Waals surface area contributed by atoms with Gasteiger partial charge in [0.1, 0.15) is 0 Å². The number of hydrogen-bond acceptors (Lipinski definition) is 2. The molecule has 0 aromatic heterocycles. The predicted molar refractivity (Wildman–Crippen MR) is 92.6 cm³/mol. The van der Waals surface area contributed by atoms with E-state index in [2.05, 4.69) is 41.8 Å². The second-order valence-corrected chi connectivity index (χ2v) is 5.90. The van der Waals surface area contributed by atoms with Gasteiger partial charge < -0.3 is 10.6 Å². The Kier molecular flexibility index (Phi) is 6.25. The molecule has 0 saturated carbocycles. The summed E-state index contributed by atoms with van der Waals surface area (Å²) >= 11 is 11.7. The monoisotopic (exact) mass is 336 g/mol. The number of rotatable bonds is 6. The zero-order valence-electron chi connectivity index (χ0n) is 12.3. The maximum Gasteiger partial charge on any atom is 0.225 e. The van der Waals surface area contributed by atoms with Crippen molar-refractivity contribution in [3.63, 3.8) is 0 Å². The first kappa shape index (κ1) is 16.8. The third kappa shape index (κ3) is 5.34. The molecule has 2 N–H and O–H groups in total. The van der Waals surface area contributed by atoms with Crippen LogP contribution in [0.25, 0.3) is 0 Å². The highest BCUT2D eigenvalue weighted by molar-refractivity contribution is 6.42. The van der Waals surface area contributed by atoms with Crippen molar-refractivity contribution in [2.24, 2.45) is 0 Å². The van der Waals surface area contributed by atoms with Crippen molar-refractivity contribution in [1.82, 2.24) is 5.32 Å². The number of hydrogen-bond donors (Lipinski definition) is 2. The van der Waals surface area contributed by atoms with E-state index < -0.39 is 0 Å². The quantitative estimate of drug-likeness (QED) is 0.766. The molecule has 5 heteroatoms. The standard InChI is InChI=1S/C17H18Cl2N2O/c1-12-2-4-13(5-3-12)11-20-9-8-17(22)21-14-6-7-15(18)16(19)10-14/h2-7,10,20H,8-9,11H2,1H3,(H,21,22). The van der Waals surface area contributed by atoms with Crippen LogP contribution in [0.4, 0.5) is 5.69 Å². The minimum absolute atomic E-state index is 0.0604. The lowest BCUT2D eigenvalue weighted by atomic mass is 10.1. The predicted octanol–water partition coefficient (Wildman–Crippen LogP) is 4.42. The zero-order valence-corrected chi connectivity index (χ0v) is 13.8. The largest absolute Gasteiger partial charge is 0.326 e. The maximum atomic E-state index is 11.8. The van der Waals surface area contributed by atoms with Crippen molar-refractivity contribution in [2.75, 3.05) is 11.9 Å². The van der Waals surface area contributed by atoms with E-state index in [1.54, 1.807) is 18.2 Å². The number of carbonyl (C=O) groups is 1. The van der Waals surface area contributed by atoms with E-state index in [1.165, 1.54) is 11.1 Å². The fourth-order valence-corrected chi connectivity index (χ4v) is 2.24. The Labute approximate surface area is 140 Å². The molecule has 0 saturated heterocycles. The van der Waals surface area contributed by atoms with Crippen molar-refractivity contribution in [3.8, 4) is 0 Å². The van der Waals surface area contributed by atoms with Gasteiger partial charge in [-0.25, -0.2) is 0 Å². The molecular weight excluding hydrogens is 319 g/mol. The minimum Gasteiger partial charge on any atom is -0.326 e. The van der Waals surface area contributed by atoms with Gasteiger partial charge in [0, 0.05) is 25.2 Å². The molecule has 0 spiro atoms. The van der Waals surface area contributed by atoms with Crippen LogP contribution >= 0.6 is 23.2 Å². The van der Waals surface area contributed by atoms with E-state index in [9.17, 15) is 4.79 Å². The Bertz CT molecular complexity index is 642. The van der Waals surface area contributed by atoms with Gasteiger partial charge >= 0.3 is 0 Å². The van der Waals surface area contributed by atoms with Gasteiger partial charge in [-0.2, -0.15) is 0 Å². The molecule has 0 unspecified atom stereocenters. The van der Waals surface area contributed by atoms with Gasteiger partial charge in [0.25, 0.3) is 0 Å². The van der Waals surface area contributed by atoms with Crippen molar-refractivity contribution < 1.29 is 4.79 Å². The normalized spacial score (nSPS) is 10.5. The molecular formula is C17H18Cl2N2O.